The van der Waals surface area contributed by atoms with Crippen LogP contribution in [-0.4, -0.2) is 12.4 Å². The maximum Gasteiger partial charge on any atom is 0.133 e. The maximum absolute atomic E-state index is 7.49. The molecule has 88 valence electrons. The third kappa shape index (κ3) is 3.26. The van der Waals surface area contributed by atoms with E-state index in [1.807, 2.05) is 25.1 Å². The first-order valence-corrected chi connectivity index (χ1v) is 5.73. The monoisotopic (exact) mass is 220 g/mol. The normalized spacial score (nSPS) is 10.1. The number of benzene rings is 1. The van der Waals surface area contributed by atoms with E-state index in [2.05, 4.69) is 6.92 Å². The number of rotatable bonds is 6. The van der Waals surface area contributed by atoms with Gasteiger partial charge in [-0.3, -0.25) is 5.41 Å². The van der Waals surface area contributed by atoms with Crippen LogP contribution in [0.1, 0.15) is 37.3 Å². The number of para-hydroxylation sites is 1. The highest BCUT2D eigenvalue weighted by Gasteiger charge is 2.08. The Balaban J connectivity index is 2.73. The molecule has 3 N–H and O–H groups in total. The molecule has 0 aliphatic heterocycles. The topological polar surface area (TPSA) is 59.1 Å². The summed E-state index contributed by atoms with van der Waals surface area (Å²) in [6, 6.07) is 5.69. The van der Waals surface area contributed by atoms with Crippen LogP contribution in [0.4, 0.5) is 0 Å². The molecule has 0 heterocycles. The number of nitrogens with two attached hydrogens (primary N) is 1. The fourth-order valence-corrected chi connectivity index (χ4v) is 1.58. The van der Waals surface area contributed by atoms with Gasteiger partial charge >= 0.3 is 0 Å². The average Bonchev–Trinajstić information content (AvgIpc) is 2.25. The summed E-state index contributed by atoms with van der Waals surface area (Å²) in [7, 11) is 0. The summed E-state index contributed by atoms with van der Waals surface area (Å²) in [5, 5.41) is 7.49. The molecule has 1 aromatic rings. The van der Waals surface area contributed by atoms with Gasteiger partial charge in [0.1, 0.15) is 11.6 Å². The Morgan fingerprint density at radius 2 is 2.12 bits per heavy atom. The molecule has 0 saturated heterocycles. The highest BCUT2D eigenvalue weighted by molar-refractivity contribution is 5.98. The number of aryl methyl sites for hydroxylation is 1. The maximum atomic E-state index is 7.49. The highest BCUT2D eigenvalue weighted by Crippen LogP contribution is 2.23. The van der Waals surface area contributed by atoms with E-state index < -0.39 is 0 Å². The number of amidine groups is 1. The van der Waals surface area contributed by atoms with E-state index in [0.29, 0.717) is 12.2 Å². The SMILES string of the molecule is CCCCCOc1c(C)cccc1C(=N)N. The molecule has 0 aliphatic carbocycles. The van der Waals surface area contributed by atoms with E-state index in [1.54, 1.807) is 0 Å². The molecule has 0 aliphatic rings. The molecule has 0 radical (unpaired) electrons. The minimum atomic E-state index is 0.0641. The molecule has 1 rings (SSSR count). The Morgan fingerprint density at radius 3 is 2.75 bits per heavy atom. The van der Waals surface area contributed by atoms with Gasteiger partial charge < -0.3 is 10.5 Å². The lowest BCUT2D eigenvalue weighted by Gasteiger charge is -2.13. The van der Waals surface area contributed by atoms with Crippen molar-refractivity contribution in [3.63, 3.8) is 0 Å². The summed E-state index contributed by atoms with van der Waals surface area (Å²) in [4.78, 5) is 0. The Hall–Kier alpha value is -1.51. The molecule has 1 aromatic carbocycles. The Morgan fingerprint density at radius 1 is 1.38 bits per heavy atom. The van der Waals surface area contributed by atoms with Crippen molar-refractivity contribution in [2.45, 2.75) is 33.1 Å². The Kier molecular flexibility index (Phi) is 4.83. The summed E-state index contributed by atoms with van der Waals surface area (Å²) in [5.74, 6) is 0.820. The van der Waals surface area contributed by atoms with E-state index in [9.17, 15) is 0 Å². The molecule has 0 amide bonds. The first-order chi connectivity index (χ1) is 7.66. The van der Waals surface area contributed by atoms with Crippen molar-refractivity contribution in [2.24, 2.45) is 5.73 Å². The molecule has 0 bridgehead atoms. The predicted molar refractivity (Wildman–Crippen MR) is 67.2 cm³/mol. The number of ether oxygens (including phenoxy) is 1. The number of nitrogen functional groups attached to an aromatic ring is 1. The summed E-state index contributed by atoms with van der Waals surface area (Å²) in [6.45, 7) is 4.83. The van der Waals surface area contributed by atoms with Gasteiger partial charge in [0.05, 0.1) is 12.2 Å². The van der Waals surface area contributed by atoms with Crippen molar-refractivity contribution in [1.82, 2.24) is 0 Å². The summed E-state index contributed by atoms with van der Waals surface area (Å²) >= 11 is 0. The molecule has 0 spiro atoms. The predicted octanol–water partition coefficient (Wildman–Crippen LogP) is 2.85. The van der Waals surface area contributed by atoms with Crippen LogP contribution in [0.5, 0.6) is 5.75 Å². The molecule has 0 fully saturated rings. The molecular weight excluding hydrogens is 200 g/mol. The summed E-state index contributed by atoms with van der Waals surface area (Å²) < 4.78 is 5.71. The molecule has 0 atom stereocenters. The second-order valence-electron chi connectivity index (χ2n) is 3.92. The quantitative estimate of drug-likeness (QED) is 0.440. The van der Waals surface area contributed by atoms with E-state index in [1.165, 1.54) is 12.8 Å². The average molecular weight is 220 g/mol. The van der Waals surface area contributed by atoms with Gasteiger partial charge in [0.25, 0.3) is 0 Å². The van der Waals surface area contributed by atoms with Crippen molar-refractivity contribution in [3.05, 3.63) is 29.3 Å². The van der Waals surface area contributed by atoms with E-state index >= 15 is 0 Å². The molecule has 0 saturated carbocycles. The summed E-state index contributed by atoms with van der Waals surface area (Å²) in [5.41, 5.74) is 7.24. The number of hydrogen-bond donors (Lipinski definition) is 2. The fraction of sp³-hybridized carbons (Fsp3) is 0.462. The molecule has 0 unspecified atom stereocenters. The molecule has 3 nitrogen and oxygen atoms in total. The minimum absolute atomic E-state index is 0.0641. The molecule has 0 aromatic heterocycles. The van der Waals surface area contributed by atoms with Gasteiger partial charge in [0.2, 0.25) is 0 Å². The van der Waals surface area contributed by atoms with Crippen molar-refractivity contribution < 1.29 is 4.74 Å². The van der Waals surface area contributed by atoms with Crippen LogP contribution in [0.3, 0.4) is 0 Å². The zero-order valence-electron chi connectivity index (χ0n) is 10.0. The van der Waals surface area contributed by atoms with Crippen molar-refractivity contribution in [3.8, 4) is 5.75 Å². The van der Waals surface area contributed by atoms with Crippen LogP contribution in [-0.2, 0) is 0 Å². The molecule has 3 heteroatoms. The fourth-order valence-electron chi connectivity index (χ4n) is 1.58. The Labute approximate surface area is 97.1 Å². The van der Waals surface area contributed by atoms with Gasteiger partial charge in [-0.25, -0.2) is 0 Å². The standard InChI is InChI=1S/C13H20N2O/c1-3-4-5-9-16-12-10(2)7-6-8-11(12)13(14)15/h6-8H,3-5,9H2,1-2H3,(H3,14,15). The minimum Gasteiger partial charge on any atom is -0.493 e. The Bertz CT molecular complexity index is 361. The number of hydrogen-bond acceptors (Lipinski definition) is 2. The van der Waals surface area contributed by atoms with E-state index in [-0.39, 0.29) is 5.84 Å². The largest absolute Gasteiger partial charge is 0.493 e. The van der Waals surface area contributed by atoms with Gasteiger partial charge in [-0.2, -0.15) is 0 Å². The van der Waals surface area contributed by atoms with Crippen LogP contribution in [0.2, 0.25) is 0 Å². The molecular formula is C13H20N2O. The molecule has 16 heavy (non-hydrogen) atoms. The second kappa shape index (κ2) is 6.16. The van der Waals surface area contributed by atoms with Crippen LogP contribution < -0.4 is 10.5 Å². The van der Waals surface area contributed by atoms with Crippen molar-refractivity contribution in [1.29, 1.82) is 5.41 Å². The van der Waals surface area contributed by atoms with Gasteiger partial charge in [-0.1, -0.05) is 31.9 Å². The third-order valence-corrected chi connectivity index (χ3v) is 2.50. The zero-order chi connectivity index (χ0) is 12.0. The van der Waals surface area contributed by atoms with Crippen molar-refractivity contribution in [2.75, 3.05) is 6.61 Å². The lowest BCUT2D eigenvalue weighted by molar-refractivity contribution is 0.304. The number of unbranched alkanes of at least 4 members (excludes halogenated alkanes) is 2. The summed E-state index contributed by atoms with van der Waals surface area (Å²) in [6.07, 6.45) is 3.39. The van der Waals surface area contributed by atoms with Crippen LogP contribution in [0, 0.1) is 12.3 Å². The second-order valence-corrected chi connectivity index (χ2v) is 3.92. The zero-order valence-corrected chi connectivity index (χ0v) is 10.0. The first kappa shape index (κ1) is 12.6. The first-order valence-electron chi connectivity index (χ1n) is 5.73. The lowest BCUT2D eigenvalue weighted by atomic mass is 10.1. The van der Waals surface area contributed by atoms with Crippen molar-refractivity contribution >= 4 is 5.84 Å². The van der Waals surface area contributed by atoms with Gasteiger partial charge in [0.15, 0.2) is 0 Å². The van der Waals surface area contributed by atoms with Crippen LogP contribution >= 0.6 is 0 Å². The van der Waals surface area contributed by atoms with Gasteiger partial charge in [-0.05, 0) is 25.0 Å². The lowest BCUT2D eigenvalue weighted by Crippen LogP contribution is -2.14. The van der Waals surface area contributed by atoms with Gasteiger partial charge in [0, 0.05) is 0 Å². The van der Waals surface area contributed by atoms with Crippen LogP contribution in [0.15, 0.2) is 18.2 Å². The highest BCUT2D eigenvalue weighted by atomic mass is 16.5. The van der Waals surface area contributed by atoms with E-state index in [4.69, 9.17) is 15.9 Å². The number of nitrogens with one attached hydrogen (secondary N) is 1. The smallest absolute Gasteiger partial charge is 0.133 e. The van der Waals surface area contributed by atoms with Gasteiger partial charge in [-0.15, -0.1) is 0 Å². The van der Waals surface area contributed by atoms with Crippen LogP contribution in [0.25, 0.3) is 0 Å². The third-order valence-electron chi connectivity index (χ3n) is 2.50. The van der Waals surface area contributed by atoms with E-state index in [0.717, 1.165) is 17.7 Å².